The molecule has 2 aliphatic rings. The number of piperidine rings is 1. The maximum atomic E-state index is 12.7. The van der Waals surface area contributed by atoms with E-state index in [0.717, 1.165) is 51.6 Å². The molecular formula is C16H28N2O3. The maximum absolute atomic E-state index is 12.7. The van der Waals surface area contributed by atoms with E-state index in [1.807, 2.05) is 4.90 Å². The molecule has 0 radical (unpaired) electrons. The Morgan fingerprint density at radius 2 is 1.81 bits per heavy atom. The van der Waals surface area contributed by atoms with Gasteiger partial charge in [0.25, 0.3) is 0 Å². The van der Waals surface area contributed by atoms with Crippen LogP contribution in [0, 0.1) is 5.92 Å². The highest BCUT2D eigenvalue weighted by Crippen LogP contribution is 2.29. The smallest absolute Gasteiger partial charge is 0.320 e. The molecule has 0 aromatic carbocycles. The van der Waals surface area contributed by atoms with Gasteiger partial charge < -0.3 is 14.9 Å². The molecule has 0 spiro atoms. The molecule has 0 aromatic heterocycles. The first-order chi connectivity index (χ1) is 10.0. The number of rotatable bonds is 4. The fourth-order valence-electron chi connectivity index (χ4n) is 3.72. The predicted octanol–water partition coefficient (Wildman–Crippen LogP) is 2.95. The van der Waals surface area contributed by atoms with Gasteiger partial charge in [-0.05, 0) is 51.4 Å². The Hall–Kier alpha value is -1.26. The summed E-state index contributed by atoms with van der Waals surface area (Å²) < 4.78 is 0. The molecule has 5 nitrogen and oxygen atoms in total. The van der Waals surface area contributed by atoms with Crippen molar-refractivity contribution < 1.29 is 14.7 Å². The van der Waals surface area contributed by atoms with Gasteiger partial charge in [-0.2, -0.15) is 0 Å². The second-order valence-corrected chi connectivity index (χ2v) is 6.54. The summed E-state index contributed by atoms with van der Waals surface area (Å²) in [5, 5.41) is 8.74. The zero-order valence-electron chi connectivity index (χ0n) is 13.3. The van der Waals surface area contributed by atoms with E-state index in [-0.39, 0.29) is 12.5 Å². The quantitative estimate of drug-likeness (QED) is 0.867. The van der Waals surface area contributed by atoms with Gasteiger partial charge in [0.05, 0.1) is 0 Å². The first-order valence-corrected chi connectivity index (χ1v) is 8.32. The molecule has 2 rings (SSSR count). The van der Waals surface area contributed by atoms with Crippen molar-refractivity contribution >= 4 is 12.0 Å². The number of amides is 2. The summed E-state index contributed by atoms with van der Waals surface area (Å²) in [6, 6.07) is 0.952. The standard InChI is InChI=1S/C16H28N2O3/c1-3-14-6-4-12(2)18(14)16(21)17-10-8-13(9-11-17)5-7-15(19)20/h12-14H,3-11H2,1-2H3,(H,19,20). The Bertz CT molecular complexity index is 378. The van der Waals surface area contributed by atoms with Crippen molar-refractivity contribution in [3.63, 3.8) is 0 Å². The third-order valence-corrected chi connectivity index (χ3v) is 5.13. The molecule has 2 amide bonds. The van der Waals surface area contributed by atoms with Crippen LogP contribution in [0.1, 0.15) is 58.8 Å². The van der Waals surface area contributed by atoms with Crippen LogP contribution in [0.4, 0.5) is 4.79 Å². The zero-order chi connectivity index (χ0) is 15.4. The van der Waals surface area contributed by atoms with Crippen LogP contribution in [-0.2, 0) is 4.79 Å². The topological polar surface area (TPSA) is 60.9 Å². The highest BCUT2D eigenvalue weighted by molar-refractivity contribution is 5.75. The second kappa shape index (κ2) is 7.14. The number of hydrogen-bond acceptors (Lipinski definition) is 2. The summed E-state index contributed by atoms with van der Waals surface area (Å²) in [4.78, 5) is 27.4. The SMILES string of the molecule is CCC1CCC(C)N1C(=O)N1CCC(CCC(=O)O)CC1. The van der Waals surface area contributed by atoms with Gasteiger partial charge in [0.15, 0.2) is 0 Å². The molecule has 0 aromatic rings. The lowest BCUT2D eigenvalue weighted by molar-refractivity contribution is -0.137. The molecular weight excluding hydrogens is 268 g/mol. The van der Waals surface area contributed by atoms with Crippen molar-refractivity contribution in [2.24, 2.45) is 5.92 Å². The molecule has 0 bridgehead atoms. The van der Waals surface area contributed by atoms with Gasteiger partial charge >= 0.3 is 12.0 Å². The number of likely N-dealkylation sites (tertiary alicyclic amines) is 2. The molecule has 2 aliphatic heterocycles. The summed E-state index contributed by atoms with van der Waals surface area (Å²) in [5.41, 5.74) is 0. The van der Waals surface area contributed by atoms with Crippen LogP contribution in [0.15, 0.2) is 0 Å². The predicted molar refractivity (Wildman–Crippen MR) is 81.2 cm³/mol. The van der Waals surface area contributed by atoms with Crippen LogP contribution in [0.5, 0.6) is 0 Å². The van der Waals surface area contributed by atoms with Crippen molar-refractivity contribution in [2.75, 3.05) is 13.1 Å². The van der Waals surface area contributed by atoms with Crippen molar-refractivity contribution in [3.8, 4) is 0 Å². The maximum Gasteiger partial charge on any atom is 0.320 e. The summed E-state index contributed by atoms with van der Waals surface area (Å²) in [6.07, 6.45) is 6.15. The molecule has 120 valence electrons. The summed E-state index contributed by atoms with van der Waals surface area (Å²) in [7, 11) is 0. The Kier molecular flexibility index (Phi) is 5.48. The van der Waals surface area contributed by atoms with Crippen molar-refractivity contribution in [1.82, 2.24) is 9.80 Å². The lowest BCUT2D eigenvalue weighted by Gasteiger charge is -2.38. The van der Waals surface area contributed by atoms with Gasteiger partial charge in [-0.25, -0.2) is 4.79 Å². The summed E-state index contributed by atoms with van der Waals surface area (Å²) in [6.45, 7) is 5.86. The molecule has 0 saturated carbocycles. The molecule has 21 heavy (non-hydrogen) atoms. The number of hydrogen-bond donors (Lipinski definition) is 1. The van der Waals surface area contributed by atoms with E-state index >= 15 is 0 Å². The molecule has 5 heteroatoms. The van der Waals surface area contributed by atoms with Crippen molar-refractivity contribution in [3.05, 3.63) is 0 Å². The van der Waals surface area contributed by atoms with Gasteiger partial charge in [-0.3, -0.25) is 4.79 Å². The van der Waals surface area contributed by atoms with E-state index in [4.69, 9.17) is 5.11 Å². The lowest BCUT2D eigenvalue weighted by Crippen LogP contribution is -2.50. The highest BCUT2D eigenvalue weighted by Gasteiger charge is 2.36. The molecule has 2 heterocycles. The Morgan fingerprint density at radius 3 is 2.38 bits per heavy atom. The number of carbonyl (C=O) groups is 2. The third kappa shape index (κ3) is 3.89. The van der Waals surface area contributed by atoms with E-state index in [1.54, 1.807) is 0 Å². The summed E-state index contributed by atoms with van der Waals surface area (Å²) >= 11 is 0. The Morgan fingerprint density at radius 1 is 1.14 bits per heavy atom. The molecule has 2 fully saturated rings. The number of carboxylic acid groups (broad SMARTS) is 1. The minimum Gasteiger partial charge on any atom is -0.481 e. The first kappa shape index (κ1) is 16.1. The van der Waals surface area contributed by atoms with Crippen molar-refractivity contribution in [2.45, 2.75) is 70.9 Å². The Labute approximate surface area is 127 Å². The monoisotopic (exact) mass is 296 g/mol. The molecule has 2 saturated heterocycles. The van der Waals surface area contributed by atoms with Gasteiger partial charge in [0.1, 0.15) is 0 Å². The normalized spacial score (nSPS) is 27.1. The molecule has 0 aliphatic carbocycles. The van der Waals surface area contributed by atoms with Gasteiger partial charge in [-0.1, -0.05) is 6.92 Å². The molecule has 2 unspecified atom stereocenters. The van der Waals surface area contributed by atoms with Crippen LogP contribution >= 0.6 is 0 Å². The van der Waals surface area contributed by atoms with Crippen LogP contribution in [-0.4, -0.2) is 52.1 Å². The van der Waals surface area contributed by atoms with Crippen LogP contribution in [0.2, 0.25) is 0 Å². The van der Waals surface area contributed by atoms with Gasteiger partial charge in [0.2, 0.25) is 0 Å². The van der Waals surface area contributed by atoms with E-state index in [2.05, 4.69) is 18.7 Å². The number of urea groups is 1. The molecule has 2 atom stereocenters. The fourth-order valence-corrected chi connectivity index (χ4v) is 3.72. The van der Waals surface area contributed by atoms with Gasteiger partial charge in [0, 0.05) is 31.6 Å². The third-order valence-electron chi connectivity index (χ3n) is 5.13. The van der Waals surface area contributed by atoms with Crippen LogP contribution in [0.3, 0.4) is 0 Å². The van der Waals surface area contributed by atoms with Gasteiger partial charge in [-0.15, -0.1) is 0 Å². The highest BCUT2D eigenvalue weighted by atomic mass is 16.4. The van der Waals surface area contributed by atoms with E-state index in [1.165, 1.54) is 0 Å². The van der Waals surface area contributed by atoms with E-state index in [9.17, 15) is 9.59 Å². The number of aliphatic carboxylic acids is 1. The number of nitrogens with zero attached hydrogens (tertiary/aromatic N) is 2. The van der Waals surface area contributed by atoms with Crippen molar-refractivity contribution in [1.29, 1.82) is 0 Å². The second-order valence-electron chi connectivity index (χ2n) is 6.54. The zero-order valence-corrected chi connectivity index (χ0v) is 13.3. The average molecular weight is 296 g/mol. The van der Waals surface area contributed by atoms with Crippen LogP contribution < -0.4 is 0 Å². The lowest BCUT2D eigenvalue weighted by atomic mass is 9.92. The summed E-state index contributed by atoms with van der Waals surface area (Å²) in [5.74, 6) is -0.256. The fraction of sp³-hybridized carbons (Fsp3) is 0.875. The Balaban J connectivity index is 1.84. The minimum absolute atomic E-state index is 0.198. The number of carboxylic acids is 1. The average Bonchev–Trinajstić information content (AvgIpc) is 2.85. The minimum atomic E-state index is -0.717. The molecule has 1 N–H and O–H groups in total. The van der Waals surface area contributed by atoms with Crippen LogP contribution in [0.25, 0.3) is 0 Å². The van der Waals surface area contributed by atoms with E-state index in [0.29, 0.717) is 18.0 Å². The van der Waals surface area contributed by atoms with E-state index < -0.39 is 5.97 Å². The first-order valence-electron chi connectivity index (χ1n) is 8.32. The largest absolute Gasteiger partial charge is 0.481 e. The number of carbonyl (C=O) groups excluding carboxylic acids is 1.